The molecule has 1 unspecified atom stereocenters. The number of nitrogens with one attached hydrogen (secondary N) is 1. The van der Waals surface area contributed by atoms with Crippen molar-refractivity contribution in [2.24, 2.45) is 0 Å². The van der Waals surface area contributed by atoms with Gasteiger partial charge in [0, 0.05) is 29.8 Å². The molecule has 3 rings (SSSR count). The molecule has 0 spiro atoms. The van der Waals surface area contributed by atoms with Crippen LogP contribution >= 0.6 is 0 Å². The molecule has 1 aromatic heterocycles. The summed E-state index contributed by atoms with van der Waals surface area (Å²) < 4.78 is 2.08. The lowest BCUT2D eigenvalue weighted by atomic mass is 10.1. The Hall–Kier alpha value is -2.68. The number of aromatic hydroxyl groups is 1. The number of phenols is 1. The molecule has 0 amide bonds. The van der Waals surface area contributed by atoms with E-state index in [0.717, 1.165) is 16.9 Å². The fraction of sp³-hybridized carbons (Fsp3) is 0.111. The van der Waals surface area contributed by atoms with Gasteiger partial charge in [0.15, 0.2) is 0 Å². The largest absolute Gasteiger partial charge is 0.508 e. The smallest absolute Gasteiger partial charge is 0.115 e. The molecule has 0 aliphatic rings. The summed E-state index contributed by atoms with van der Waals surface area (Å²) in [6.45, 7) is 2.11. The minimum atomic E-state index is 0.172. The van der Waals surface area contributed by atoms with Crippen molar-refractivity contribution in [3.63, 3.8) is 0 Å². The lowest BCUT2D eigenvalue weighted by Gasteiger charge is -2.16. The van der Waals surface area contributed by atoms with Gasteiger partial charge < -0.3 is 15.0 Å². The molecule has 2 N–H and O–H groups in total. The Morgan fingerprint density at radius 2 is 1.67 bits per heavy atom. The zero-order chi connectivity index (χ0) is 14.7. The molecule has 0 aliphatic heterocycles. The molecular formula is C18H18N2O. The molecule has 0 saturated carbocycles. The topological polar surface area (TPSA) is 37.2 Å². The van der Waals surface area contributed by atoms with Gasteiger partial charge >= 0.3 is 0 Å². The van der Waals surface area contributed by atoms with Crippen molar-refractivity contribution < 1.29 is 5.11 Å². The summed E-state index contributed by atoms with van der Waals surface area (Å²) in [5.41, 5.74) is 3.34. The number of aromatic nitrogens is 1. The minimum absolute atomic E-state index is 0.172. The maximum atomic E-state index is 9.35. The van der Waals surface area contributed by atoms with E-state index in [1.807, 2.05) is 42.7 Å². The first kappa shape index (κ1) is 13.3. The van der Waals surface area contributed by atoms with Crippen molar-refractivity contribution in [1.82, 2.24) is 4.57 Å². The van der Waals surface area contributed by atoms with Crippen LogP contribution in [-0.2, 0) is 0 Å². The number of phenolic OH excluding ortho intramolecular Hbond substituents is 1. The normalized spacial score (nSPS) is 12.0. The molecule has 3 aromatic rings. The van der Waals surface area contributed by atoms with E-state index < -0.39 is 0 Å². The highest BCUT2D eigenvalue weighted by Crippen LogP contribution is 2.22. The van der Waals surface area contributed by atoms with Gasteiger partial charge in [-0.15, -0.1) is 0 Å². The lowest BCUT2D eigenvalue weighted by molar-refractivity contribution is 0.475. The van der Waals surface area contributed by atoms with Gasteiger partial charge in [0.2, 0.25) is 0 Å². The zero-order valence-electron chi connectivity index (χ0n) is 11.9. The predicted molar refractivity (Wildman–Crippen MR) is 85.9 cm³/mol. The first-order valence-electron chi connectivity index (χ1n) is 7.01. The first-order valence-corrected chi connectivity index (χ1v) is 7.01. The monoisotopic (exact) mass is 278 g/mol. The van der Waals surface area contributed by atoms with Crippen LogP contribution in [0.3, 0.4) is 0 Å². The third-order valence-electron chi connectivity index (χ3n) is 3.53. The van der Waals surface area contributed by atoms with E-state index in [4.69, 9.17) is 0 Å². The van der Waals surface area contributed by atoms with Gasteiger partial charge in [0.25, 0.3) is 0 Å². The summed E-state index contributed by atoms with van der Waals surface area (Å²) in [5.74, 6) is 0.292. The van der Waals surface area contributed by atoms with Crippen LogP contribution in [0, 0.1) is 0 Å². The number of anilines is 1. The van der Waals surface area contributed by atoms with Gasteiger partial charge in [-0.05, 0) is 55.0 Å². The number of benzene rings is 2. The van der Waals surface area contributed by atoms with E-state index >= 15 is 0 Å². The Bertz CT molecular complexity index is 702. The molecule has 0 fully saturated rings. The molecule has 0 aliphatic carbocycles. The van der Waals surface area contributed by atoms with Gasteiger partial charge in [-0.1, -0.05) is 18.2 Å². The summed E-state index contributed by atoms with van der Waals surface area (Å²) >= 11 is 0. The van der Waals surface area contributed by atoms with Crippen molar-refractivity contribution >= 4 is 5.69 Å². The maximum absolute atomic E-state index is 9.35. The molecule has 1 atom stereocenters. The van der Waals surface area contributed by atoms with Crippen LogP contribution in [0.15, 0.2) is 73.1 Å². The van der Waals surface area contributed by atoms with E-state index in [1.54, 1.807) is 12.1 Å². The van der Waals surface area contributed by atoms with Crippen molar-refractivity contribution in [2.45, 2.75) is 13.0 Å². The second kappa shape index (κ2) is 5.75. The van der Waals surface area contributed by atoms with Crippen LogP contribution in [0.2, 0.25) is 0 Å². The number of hydrogen-bond donors (Lipinski definition) is 2. The Morgan fingerprint density at radius 1 is 0.952 bits per heavy atom. The van der Waals surface area contributed by atoms with E-state index in [9.17, 15) is 5.11 Å². The average Bonchev–Trinajstić information content (AvgIpc) is 3.02. The first-order chi connectivity index (χ1) is 10.2. The van der Waals surface area contributed by atoms with Gasteiger partial charge in [0.05, 0.1) is 0 Å². The summed E-state index contributed by atoms with van der Waals surface area (Å²) in [6.07, 6.45) is 4.06. The van der Waals surface area contributed by atoms with Crippen LogP contribution in [0.25, 0.3) is 5.69 Å². The summed E-state index contributed by atoms with van der Waals surface area (Å²) in [4.78, 5) is 0. The molecule has 3 nitrogen and oxygen atoms in total. The number of nitrogens with zero attached hydrogens (tertiary/aromatic N) is 1. The molecule has 2 aromatic carbocycles. The SMILES string of the molecule is CC(Nc1cccc(-n2cccc2)c1)c1ccc(O)cc1. The predicted octanol–water partition coefficient (Wildman–Crippen LogP) is 4.36. The Morgan fingerprint density at radius 3 is 2.38 bits per heavy atom. The number of hydrogen-bond acceptors (Lipinski definition) is 2. The third kappa shape index (κ3) is 3.08. The van der Waals surface area contributed by atoms with E-state index in [0.29, 0.717) is 5.75 Å². The molecule has 0 saturated heterocycles. The van der Waals surface area contributed by atoms with Crippen molar-refractivity contribution in [3.05, 3.63) is 78.6 Å². The second-order valence-corrected chi connectivity index (χ2v) is 5.10. The van der Waals surface area contributed by atoms with Gasteiger partial charge in [0.1, 0.15) is 5.75 Å². The highest BCUT2D eigenvalue weighted by atomic mass is 16.3. The molecule has 3 heteroatoms. The lowest BCUT2D eigenvalue weighted by Crippen LogP contribution is -2.06. The fourth-order valence-electron chi connectivity index (χ4n) is 2.36. The highest BCUT2D eigenvalue weighted by Gasteiger charge is 2.06. The van der Waals surface area contributed by atoms with Crippen LogP contribution in [0.1, 0.15) is 18.5 Å². The fourth-order valence-corrected chi connectivity index (χ4v) is 2.36. The van der Waals surface area contributed by atoms with E-state index in [1.165, 1.54) is 0 Å². The van der Waals surface area contributed by atoms with Crippen LogP contribution in [-0.4, -0.2) is 9.67 Å². The number of rotatable bonds is 4. The maximum Gasteiger partial charge on any atom is 0.115 e. The average molecular weight is 278 g/mol. The van der Waals surface area contributed by atoms with Crippen molar-refractivity contribution in [3.8, 4) is 11.4 Å². The highest BCUT2D eigenvalue weighted by molar-refractivity contribution is 5.52. The molecular weight excluding hydrogens is 260 g/mol. The molecule has 0 bridgehead atoms. The zero-order valence-corrected chi connectivity index (χ0v) is 11.9. The molecule has 21 heavy (non-hydrogen) atoms. The van der Waals surface area contributed by atoms with Crippen LogP contribution < -0.4 is 5.32 Å². The Kier molecular flexibility index (Phi) is 3.65. The summed E-state index contributed by atoms with van der Waals surface area (Å²) in [6, 6.07) is 19.8. The third-order valence-corrected chi connectivity index (χ3v) is 3.53. The van der Waals surface area contributed by atoms with E-state index in [-0.39, 0.29) is 6.04 Å². The summed E-state index contributed by atoms with van der Waals surface area (Å²) in [7, 11) is 0. The van der Waals surface area contributed by atoms with Crippen LogP contribution in [0.4, 0.5) is 5.69 Å². The molecule has 0 radical (unpaired) electrons. The molecule has 106 valence electrons. The Labute approximate surface area is 124 Å². The van der Waals surface area contributed by atoms with Gasteiger partial charge in [-0.25, -0.2) is 0 Å². The van der Waals surface area contributed by atoms with Crippen molar-refractivity contribution in [2.75, 3.05) is 5.32 Å². The quantitative estimate of drug-likeness (QED) is 0.744. The Balaban J connectivity index is 1.78. The standard InChI is InChI=1S/C18H18N2O/c1-14(15-7-9-18(21)10-8-15)19-16-5-4-6-17(13-16)20-11-2-3-12-20/h2-14,19,21H,1H3. The van der Waals surface area contributed by atoms with E-state index in [2.05, 4.69) is 35.0 Å². The molecule has 1 heterocycles. The minimum Gasteiger partial charge on any atom is -0.508 e. The van der Waals surface area contributed by atoms with Gasteiger partial charge in [-0.2, -0.15) is 0 Å². The van der Waals surface area contributed by atoms with Crippen LogP contribution in [0.5, 0.6) is 5.75 Å². The second-order valence-electron chi connectivity index (χ2n) is 5.10. The van der Waals surface area contributed by atoms with Crippen molar-refractivity contribution in [1.29, 1.82) is 0 Å². The summed E-state index contributed by atoms with van der Waals surface area (Å²) in [5, 5.41) is 12.8. The van der Waals surface area contributed by atoms with Gasteiger partial charge in [-0.3, -0.25) is 0 Å².